The van der Waals surface area contributed by atoms with Crippen LogP contribution in [0.5, 0.6) is 0 Å². The third-order valence-electron chi connectivity index (χ3n) is 3.35. The lowest BCUT2D eigenvalue weighted by Crippen LogP contribution is -2.09. The maximum Gasteiger partial charge on any atom is 0.0994 e. The molecule has 2 aromatic rings. The number of aromatic nitrogens is 2. The SMILES string of the molecule is CCOC(C)c1nnc(C(C)OCC)c2ccccc12. The molecule has 1 aromatic heterocycles. The summed E-state index contributed by atoms with van der Waals surface area (Å²) in [6.07, 6.45) is -0.123. The van der Waals surface area contributed by atoms with Crippen LogP contribution in [-0.4, -0.2) is 23.4 Å². The van der Waals surface area contributed by atoms with E-state index in [1.807, 2.05) is 39.8 Å². The fourth-order valence-corrected chi connectivity index (χ4v) is 2.40. The quantitative estimate of drug-likeness (QED) is 0.803. The van der Waals surface area contributed by atoms with E-state index in [9.17, 15) is 0 Å². The Hall–Kier alpha value is -1.52. The smallest absolute Gasteiger partial charge is 0.0994 e. The highest BCUT2D eigenvalue weighted by atomic mass is 16.5. The molecule has 0 N–H and O–H groups in total. The normalized spacial score (nSPS) is 14.4. The van der Waals surface area contributed by atoms with Crippen molar-refractivity contribution in [3.8, 4) is 0 Å². The van der Waals surface area contributed by atoms with Crippen molar-refractivity contribution in [2.75, 3.05) is 13.2 Å². The van der Waals surface area contributed by atoms with Crippen LogP contribution >= 0.6 is 0 Å². The molecule has 1 heterocycles. The van der Waals surface area contributed by atoms with Crippen molar-refractivity contribution in [1.29, 1.82) is 0 Å². The molecule has 0 aliphatic rings. The molecule has 0 bridgehead atoms. The molecule has 0 spiro atoms. The van der Waals surface area contributed by atoms with Gasteiger partial charge >= 0.3 is 0 Å². The van der Waals surface area contributed by atoms with Crippen LogP contribution in [0.25, 0.3) is 10.8 Å². The second-order valence-electron chi connectivity index (χ2n) is 4.71. The molecule has 0 saturated heterocycles. The van der Waals surface area contributed by atoms with Gasteiger partial charge in [0.1, 0.15) is 0 Å². The molecule has 0 amide bonds. The average molecular weight is 274 g/mol. The largest absolute Gasteiger partial charge is 0.372 e. The van der Waals surface area contributed by atoms with Gasteiger partial charge in [-0.05, 0) is 27.7 Å². The molecule has 0 fully saturated rings. The molecule has 0 aliphatic carbocycles. The van der Waals surface area contributed by atoms with Crippen LogP contribution in [0.3, 0.4) is 0 Å². The lowest BCUT2D eigenvalue weighted by Gasteiger charge is -2.17. The van der Waals surface area contributed by atoms with E-state index in [4.69, 9.17) is 9.47 Å². The summed E-state index contributed by atoms with van der Waals surface area (Å²) in [6.45, 7) is 9.30. The van der Waals surface area contributed by atoms with Gasteiger partial charge in [0.05, 0.1) is 23.6 Å². The van der Waals surface area contributed by atoms with E-state index >= 15 is 0 Å². The second-order valence-corrected chi connectivity index (χ2v) is 4.71. The van der Waals surface area contributed by atoms with Crippen LogP contribution in [0.1, 0.15) is 51.3 Å². The summed E-state index contributed by atoms with van der Waals surface area (Å²) < 4.78 is 11.3. The van der Waals surface area contributed by atoms with E-state index in [1.54, 1.807) is 0 Å². The first-order chi connectivity index (χ1) is 9.69. The molecular weight excluding hydrogens is 252 g/mol. The number of hydrogen-bond acceptors (Lipinski definition) is 4. The first-order valence-corrected chi connectivity index (χ1v) is 7.17. The van der Waals surface area contributed by atoms with Gasteiger partial charge < -0.3 is 9.47 Å². The average Bonchev–Trinajstić information content (AvgIpc) is 2.46. The lowest BCUT2D eigenvalue weighted by molar-refractivity contribution is 0.0696. The van der Waals surface area contributed by atoms with Gasteiger partial charge in [-0.3, -0.25) is 0 Å². The minimum Gasteiger partial charge on any atom is -0.372 e. The highest BCUT2D eigenvalue weighted by molar-refractivity contribution is 5.86. The Morgan fingerprint density at radius 3 is 1.60 bits per heavy atom. The maximum atomic E-state index is 5.65. The molecule has 1 aromatic carbocycles. The zero-order valence-electron chi connectivity index (χ0n) is 12.6. The Kier molecular flexibility index (Phi) is 5.04. The van der Waals surface area contributed by atoms with Crippen LogP contribution in [0, 0.1) is 0 Å². The van der Waals surface area contributed by atoms with Gasteiger partial charge in [0.25, 0.3) is 0 Å². The molecule has 2 rings (SSSR count). The Morgan fingerprint density at radius 2 is 1.25 bits per heavy atom. The van der Waals surface area contributed by atoms with Crippen molar-refractivity contribution in [1.82, 2.24) is 10.2 Å². The van der Waals surface area contributed by atoms with Crippen LogP contribution in [0.15, 0.2) is 24.3 Å². The zero-order valence-corrected chi connectivity index (χ0v) is 12.6. The van der Waals surface area contributed by atoms with Crippen molar-refractivity contribution in [2.24, 2.45) is 0 Å². The van der Waals surface area contributed by atoms with Gasteiger partial charge in [-0.1, -0.05) is 24.3 Å². The number of fused-ring (bicyclic) bond motifs is 1. The predicted molar refractivity (Wildman–Crippen MR) is 79.6 cm³/mol. The van der Waals surface area contributed by atoms with Crippen LogP contribution in [-0.2, 0) is 9.47 Å². The monoisotopic (exact) mass is 274 g/mol. The summed E-state index contributed by atoms with van der Waals surface area (Å²) in [5.41, 5.74) is 1.77. The summed E-state index contributed by atoms with van der Waals surface area (Å²) in [5.74, 6) is 0. The zero-order chi connectivity index (χ0) is 14.5. The minimum atomic E-state index is -0.0613. The van der Waals surface area contributed by atoms with Crippen molar-refractivity contribution in [3.63, 3.8) is 0 Å². The highest BCUT2D eigenvalue weighted by Gasteiger charge is 2.17. The van der Waals surface area contributed by atoms with Gasteiger partial charge in [0.2, 0.25) is 0 Å². The summed E-state index contributed by atoms with van der Waals surface area (Å²) >= 11 is 0. The van der Waals surface area contributed by atoms with Crippen molar-refractivity contribution in [3.05, 3.63) is 35.7 Å². The summed E-state index contributed by atoms with van der Waals surface area (Å²) in [6, 6.07) is 8.16. The van der Waals surface area contributed by atoms with Crippen LogP contribution in [0.4, 0.5) is 0 Å². The summed E-state index contributed by atoms with van der Waals surface area (Å²) in [7, 11) is 0. The first-order valence-electron chi connectivity index (χ1n) is 7.17. The number of nitrogens with zero attached hydrogens (tertiary/aromatic N) is 2. The van der Waals surface area contributed by atoms with Crippen molar-refractivity contribution < 1.29 is 9.47 Å². The Balaban J connectivity index is 2.52. The molecule has 0 aliphatic heterocycles. The second kappa shape index (κ2) is 6.77. The van der Waals surface area contributed by atoms with Crippen molar-refractivity contribution in [2.45, 2.75) is 39.9 Å². The molecular formula is C16H22N2O2. The number of hydrogen-bond donors (Lipinski definition) is 0. The van der Waals surface area contributed by atoms with E-state index < -0.39 is 0 Å². The van der Waals surface area contributed by atoms with E-state index in [0.717, 1.165) is 22.2 Å². The number of rotatable bonds is 6. The van der Waals surface area contributed by atoms with E-state index in [0.29, 0.717) is 13.2 Å². The molecule has 2 unspecified atom stereocenters. The number of ether oxygens (including phenoxy) is 2. The van der Waals surface area contributed by atoms with Gasteiger partial charge in [-0.15, -0.1) is 0 Å². The maximum absolute atomic E-state index is 5.65. The first kappa shape index (κ1) is 14.9. The third-order valence-corrected chi connectivity index (χ3v) is 3.35. The molecule has 0 saturated carbocycles. The van der Waals surface area contributed by atoms with E-state index in [2.05, 4.69) is 22.3 Å². The van der Waals surface area contributed by atoms with Crippen LogP contribution < -0.4 is 0 Å². The van der Waals surface area contributed by atoms with E-state index in [1.165, 1.54) is 0 Å². The Labute approximate surface area is 120 Å². The predicted octanol–water partition coefficient (Wildman–Crippen LogP) is 3.82. The van der Waals surface area contributed by atoms with Gasteiger partial charge in [0, 0.05) is 24.0 Å². The van der Waals surface area contributed by atoms with Gasteiger partial charge in [-0.25, -0.2) is 0 Å². The van der Waals surface area contributed by atoms with Gasteiger partial charge in [0.15, 0.2) is 0 Å². The fraction of sp³-hybridized carbons (Fsp3) is 0.500. The highest BCUT2D eigenvalue weighted by Crippen LogP contribution is 2.29. The molecule has 4 heteroatoms. The molecule has 0 radical (unpaired) electrons. The van der Waals surface area contributed by atoms with Gasteiger partial charge in [-0.2, -0.15) is 10.2 Å². The molecule has 20 heavy (non-hydrogen) atoms. The lowest BCUT2D eigenvalue weighted by atomic mass is 10.0. The minimum absolute atomic E-state index is 0.0613. The summed E-state index contributed by atoms with van der Waals surface area (Å²) in [4.78, 5) is 0. The molecule has 2 atom stereocenters. The topological polar surface area (TPSA) is 44.2 Å². The van der Waals surface area contributed by atoms with Crippen LogP contribution in [0.2, 0.25) is 0 Å². The Bertz CT molecular complexity index is 521. The fourth-order valence-electron chi connectivity index (χ4n) is 2.40. The Morgan fingerprint density at radius 1 is 0.850 bits per heavy atom. The standard InChI is InChI=1S/C16H22N2O2/c1-5-19-11(3)15-13-9-7-8-10-14(13)16(18-17-15)12(4)20-6-2/h7-12H,5-6H2,1-4H3. The summed E-state index contributed by atoms with van der Waals surface area (Å²) in [5, 5.41) is 10.9. The number of benzene rings is 1. The van der Waals surface area contributed by atoms with E-state index in [-0.39, 0.29) is 12.2 Å². The molecule has 4 nitrogen and oxygen atoms in total. The third kappa shape index (κ3) is 2.97. The van der Waals surface area contributed by atoms with Crippen molar-refractivity contribution >= 4 is 10.8 Å². The molecule has 108 valence electrons.